The van der Waals surface area contributed by atoms with Gasteiger partial charge in [0.25, 0.3) is 5.91 Å². The third-order valence-corrected chi connectivity index (χ3v) is 3.02. The zero-order valence-corrected chi connectivity index (χ0v) is 12.2. The fraction of sp³-hybridized carbons (Fsp3) is 0.200. The molecular weight excluding hydrogens is 315 g/mol. The second-order valence-electron chi connectivity index (χ2n) is 4.65. The first-order chi connectivity index (χ1) is 10.8. The number of aryl methyl sites for hydroxylation is 1. The summed E-state index contributed by atoms with van der Waals surface area (Å²) >= 11 is 0. The predicted molar refractivity (Wildman–Crippen MR) is 73.3 cm³/mol. The summed E-state index contributed by atoms with van der Waals surface area (Å²) in [4.78, 5) is 23.7. The summed E-state index contributed by atoms with van der Waals surface area (Å²) in [5.74, 6) is -6.01. The van der Waals surface area contributed by atoms with Crippen molar-refractivity contribution in [3.05, 3.63) is 53.2 Å². The lowest BCUT2D eigenvalue weighted by Crippen LogP contribution is -2.30. The Morgan fingerprint density at radius 3 is 2.48 bits per heavy atom. The van der Waals surface area contributed by atoms with E-state index in [-0.39, 0.29) is 5.56 Å². The van der Waals surface area contributed by atoms with Crippen molar-refractivity contribution in [1.82, 2.24) is 0 Å². The highest BCUT2D eigenvalue weighted by molar-refractivity contribution is 5.97. The van der Waals surface area contributed by atoms with E-state index in [1.807, 2.05) is 5.32 Å². The van der Waals surface area contributed by atoms with Gasteiger partial charge in [0.05, 0.1) is 12.0 Å². The van der Waals surface area contributed by atoms with Gasteiger partial charge in [0, 0.05) is 0 Å². The van der Waals surface area contributed by atoms with Crippen LogP contribution in [0.1, 0.15) is 23.0 Å². The van der Waals surface area contributed by atoms with E-state index < -0.39 is 41.1 Å². The highest BCUT2D eigenvalue weighted by Crippen LogP contribution is 2.20. The summed E-state index contributed by atoms with van der Waals surface area (Å²) in [6, 6.07) is 2.90. The van der Waals surface area contributed by atoms with Crippen LogP contribution >= 0.6 is 0 Å². The lowest BCUT2D eigenvalue weighted by atomic mass is 10.2. The Bertz CT molecular complexity index is 757. The molecule has 0 aliphatic heterocycles. The second kappa shape index (κ2) is 6.55. The summed E-state index contributed by atoms with van der Waals surface area (Å²) in [6.45, 7) is 2.79. The van der Waals surface area contributed by atoms with Crippen LogP contribution in [0.4, 0.5) is 18.9 Å². The molecule has 0 spiro atoms. The normalized spacial score (nSPS) is 11.9. The van der Waals surface area contributed by atoms with Crippen molar-refractivity contribution >= 4 is 17.6 Å². The van der Waals surface area contributed by atoms with Crippen molar-refractivity contribution in [2.45, 2.75) is 20.0 Å². The van der Waals surface area contributed by atoms with Crippen molar-refractivity contribution in [3.8, 4) is 0 Å². The van der Waals surface area contributed by atoms with Crippen molar-refractivity contribution in [1.29, 1.82) is 0 Å². The van der Waals surface area contributed by atoms with E-state index in [0.717, 1.165) is 6.07 Å². The molecule has 0 aliphatic rings. The smallest absolute Gasteiger partial charge is 0.342 e. The number of carbonyl (C=O) groups is 2. The third-order valence-electron chi connectivity index (χ3n) is 3.02. The fourth-order valence-corrected chi connectivity index (χ4v) is 1.73. The Morgan fingerprint density at radius 2 is 1.87 bits per heavy atom. The fourth-order valence-electron chi connectivity index (χ4n) is 1.73. The van der Waals surface area contributed by atoms with E-state index in [2.05, 4.69) is 0 Å². The quantitative estimate of drug-likeness (QED) is 0.692. The van der Waals surface area contributed by atoms with Crippen molar-refractivity contribution < 1.29 is 31.9 Å². The highest BCUT2D eigenvalue weighted by atomic mass is 19.2. The number of nitrogens with one attached hydrogen (secondary N) is 1. The lowest BCUT2D eigenvalue weighted by Gasteiger charge is -2.14. The van der Waals surface area contributed by atoms with Gasteiger partial charge in [0.15, 0.2) is 23.6 Å². The zero-order valence-electron chi connectivity index (χ0n) is 12.2. The molecule has 23 heavy (non-hydrogen) atoms. The number of amides is 1. The Balaban J connectivity index is 2.05. The maximum absolute atomic E-state index is 13.5. The number of anilines is 1. The largest absolute Gasteiger partial charge is 0.469 e. The Labute approximate surface area is 129 Å². The molecule has 1 aromatic heterocycles. The number of esters is 1. The van der Waals surface area contributed by atoms with Gasteiger partial charge in [-0.05, 0) is 32.0 Å². The molecule has 1 amide bonds. The van der Waals surface area contributed by atoms with E-state index in [1.54, 1.807) is 0 Å². The summed E-state index contributed by atoms with van der Waals surface area (Å²) in [6.07, 6.45) is -0.00262. The number of halogens is 3. The molecule has 2 rings (SSSR count). The van der Waals surface area contributed by atoms with Crippen molar-refractivity contribution in [3.63, 3.8) is 0 Å². The van der Waals surface area contributed by atoms with Crippen LogP contribution in [0.15, 0.2) is 28.9 Å². The Hall–Kier alpha value is -2.77. The number of furan rings is 1. The van der Waals surface area contributed by atoms with E-state index in [4.69, 9.17) is 9.15 Å². The van der Waals surface area contributed by atoms with Crippen LogP contribution in [0.3, 0.4) is 0 Å². The maximum Gasteiger partial charge on any atom is 0.342 e. The van der Waals surface area contributed by atoms with Gasteiger partial charge in [-0.3, -0.25) is 4.79 Å². The molecular formula is C15H12F3NO4. The van der Waals surface area contributed by atoms with Crippen LogP contribution in [0.2, 0.25) is 0 Å². The molecule has 122 valence electrons. The summed E-state index contributed by atoms with van der Waals surface area (Å²) in [5, 5.41) is 2.02. The molecule has 2 aromatic rings. The van der Waals surface area contributed by atoms with Crippen LogP contribution in [0, 0.1) is 24.4 Å². The minimum atomic E-state index is -1.71. The maximum atomic E-state index is 13.5. The summed E-state index contributed by atoms with van der Waals surface area (Å²) in [5.41, 5.74) is -0.417. The van der Waals surface area contributed by atoms with Gasteiger partial charge in [0.2, 0.25) is 0 Å². The van der Waals surface area contributed by atoms with Crippen molar-refractivity contribution in [2.24, 2.45) is 0 Å². The van der Waals surface area contributed by atoms with Crippen LogP contribution in [-0.2, 0) is 9.53 Å². The van der Waals surface area contributed by atoms with E-state index in [9.17, 15) is 22.8 Å². The molecule has 8 heteroatoms. The minimum absolute atomic E-state index is 0.142. The van der Waals surface area contributed by atoms with Crippen LogP contribution in [0.25, 0.3) is 0 Å². The Morgan fingerprint density at radius 1 is 1.17 bits per heavy atom. The first kappa shape index (κ1) is 16.6. The van der Waals surface area contributed by atoms with E-state index in [1.165, 1.54) is 26.2 Å². The number of hydrogen-bond acceptors (Lipinski definition) is 4. The average molecular weight is 327 g/mol. The number of carbonyl (C=O) groups excluding carboxylic acids is 2. The van der Waals surface area contributed by atoms with Crippen LogP contribution < -0.4 is 5.32 Å². The SMILES string of the molecule is Cc1occc1C(=O)O[C@H](C)C(=O)Nc1ccc(F)c(F)c1F. The molecule has 0 bridgehead atoms. The minimum Gasteiger partial charge on any atom is -0.469 e. The first-order valence-corrected chi connectivity index (χ1v) is 6.50. The molecule has 0 saturated heterocycles. The molecule has 1 atom stereocenters. The first-order valence-electron chi connectivity index (χ1n) is 6.50. The molecule has 0 fully saturated rings. The van der Waals surface area contributed by atoms with Crippen molar-refractivity contribution in [2.75, 3.05) is 5.32 Å². The van der Waals surface area contributed by atoms with Crippen LogP contribution in [-0.4, -0.2) is 18.0 Å². The molecule has 0 saturated carbocycles. The molecule has 0 radical (unpaired) electrons. The molecule has 1 N–H and O–H groups in total. The Kier molecular flexibility index (Phi) is 4.73. The van der Waals surface area contributed by atoms with Gasteiger partial charge in [-0.15, -0.1) is 0 Å². The van der Waals surface area contributed by atoms with Gasteiger partial charge in [-0.2, -0.15) is 0 Å². The molecule has 5 nitrogen and oxygen atoms in total. The zero-order chi connectivity index (χ0) is 17.1. The van der Waals surface area contributed by atoms with Gasteiger partial charge < -0.3 is 14.5 Å². The topological polar surface area (TPSA) is 68.5 Å². The van der Waals surface area contributed by atoms with Crippen LogP contribution in [0.5, 0.6) is 0 Å². The van der Waals surface area contributed by atoms with Gasteiger partial charge in [0.1, 0.15) is 11.3 Å². The number of rotatable bonds is 4. The van der Waals surface area contributed by atoms with Gasteiger partial charge >= 0.3 is 5.97 Å². The third kappa shape index (κ3) is 3.53. The number of hydrogen-bond donors (Lipinski definition) is 1. The van der Waals surface area contributed by atoms with E-state index in [0.29, 0.717) is 11.8 Å². The van der Waals surface area contributed by atoms with E-state index >= 15 is 0 Å². The standard InChI is InChI=1S/C15H12F3NO4/c1-7-9(5-6-22-7)15(21)23-8(2)14(20)19-11-4-3-10(16)12(17)13(11)18/h3-6,8H,1-2H3,(H,19,20)/t8-/m1/s1. The predicted octanol–water partition coefficient (Wildman–Crippen LogP) is 3.19. The summed E-state index contributed by atoms with van der Waals surface area (Å²) in [7, 11) is 0. The molecule has 0 aliphatic carbocycles. The number of ether oxygens (including phenoxy) is 1. The van der Waals surface area contributed by atoms with Gasteiger partial charge in [-0.1, -0.05) is 0 Å². The molecule has 1 aromatic carbocycles. The number of benzene rings is 1. The monoisotopic (exact) mass is 327 g/mol. The van der Waals surface area contributed by atoms with Gasteiger partial charge in [-0.25, -0.2) is 18.0 Å². The molecule has 0 unspecified atom stereocenters. The second-order valence-corrected chi connectivity index (χ2v) is 4.65. The lowest BCUT2D eigenvalue weighted by molar-refractivity contribution is -0.123. The average Bonchev–Trinajstić information content (AvgIpc) is 2.93. The highest BCUT2D eigenvalue weighted by Gasteiger charge is 2.23. The molecule has 1 heterocycles. The summed E-state index contributed by atoms with van der Waals surface area (Å²) < 4.78 is 49.2.